The topological polar surface area (TPSA) is 59.6 Å². The third kappa shape index (κ3) is 7.86. The molecule has 1 amide bonds. The van der Waals surface area contributed by atoms with E-state index in [1.165, 1.54) is 0 Å². The first-order chi connectivity index (χ1) is 13.1. The molecule has 0 aliphatic rings. The third-order valence-electron chi connectivity index (χ3n) is 3.66. The highest BCUT2D eigenvalue weighted by Gasteiger charge is 2.04. The Kier molecular flexibility index (Phi) is 8.23. The van der Waals surface area contributed by atoms with Crippen molar-refractivity contribution in [2.75, 3.05) is 30.4 Å². The van der Waals surface area contributed by atoms with E-state index in [9.17, 15) is 4.79 Å². The maximum atomic E-state index is 12.2. The van der Waals surface area contributed by atoms with E-state index in [-0.39, 0.29) is 12.5 Å². The van der Waals surface area contributed by atoms with Crippen molar-refractivity contribution in [1.29, 1.82) is 0 Å². The van der Waals surface area contributed by atoms with E-state index >= 15 is 0 Å². The largest absolute Gasteiger partial charge is 0.494 e. The van der Waals surface area contributed by atoms with Gasteiger partial charge in [0.25, 0.3) is 0 Å². The molecule has 0 aliphatic heterocycles. The molecular weight excluding hydrogens is 340 g/mol. The fourth-order valence-corrected chi connectivity index (χ4v) is 2.29. The number of unbranched alkanes of at least 4 members (excludes halogenated alkanes) is 1. The summed E-state index contributed by atoms with van der Waals surface area (Å²) in [5.74, 6) is 1.37. The van der Waals surface area contributed by atoms with Crippen LogP contribution in [0, 0.1) is 0 Å². The zero-order valence-electron chi connectivity index (χ0n) is 16.1. The zero-order valence-corrected chi connectivity index (χ0v) is 16.1. The molecular formula is C22H28N2O3. The smallest absolute Gasteiger partial charge is 0.243 e. The summed E-state index contributed by atoms with van der Waals surface area (Å²) in [6.07, 6.45) is 2.09. The van der Waals surface area contributed by atoms with Crippen LogP contribution in [-0.4, -0.2) is 25.7 Å². The van der Waals surface area contributed by atoms with Gasteiger partial charge in [0.2, 0.25) is 5.91 Å². The lowest BCUT2D eigenvalue weighted by atomic mass is 10.3. The average molecular weight is 368 g/mol. The van der Waals surface area contributed by atoms with Crippen LogP contribution in [0.2, 0.25) is 0 Å². The molecule has 0 saturated carbocycles. The van der Waals surface area contributed by atoms with Crippen LogP contribution in [0.15, 0.2) is 60.7 Å². The molecule has 0 aromatic heterocycles. The minimum absolute atomic E-state index is 0.131. The van der Waals surface area contributed by atoms with Crippen LogP contribution in [0.25, 0.3) is 0 Å². The van der Waals surface area contributed by atoms with Crippen LogP contribution >= 0.6 is 0 Å². The second kappa shape index (κ2) is 10.9. The molecule has 144 valence electrons. The number of anilines is 2. The van der Waals surface area contributed by atoms with Gasteiger partial charge in [-0.1, -0.05) is 32.1 Å². The van der Waals surface area contributed by atoms with Crippen molar-refractivity contribution < 1.29 is 14.3 Å². The number of hydrogen-bond donors (Lipinski definition) is 2. The maximum Gasteiger partial charge on any atom is 0.243 e. The number of amides is 1. The highest BCUT2D eigenvalue weighted by Crippen LogP contribution is 2.19. The van der Waals surface area contributed by atoms with E-state index in [4.69, 9.17) is 9.47 Å². The van der Waals surface area contributed by atoms with Gasteiger partial charge in [-0.2, -0.15) is 0 Å². The summed E-state index contributed by atoms with van der Waals surface area (Å²) in [5.41, 5.74) is 2.49. The summed E-state index contributed by atoms with van der Waals surface area (Å²) in [4.78, 5) is 12.2. The Hall–Kier alpha value is -2.95. The Balaban J connectivity index is 1.83. The van der Waals surface area contributed by atoms with Gasteiger partial charge < -0.3 is 20.1 Å². The molecule has 0 bridgehead atoms. The fraction of sp³-hybridized carbons (Fsp3) is 0.318. The first-order valence-electron chi connectivity index (χ1n) is 9.20. The number of benzene rings is 2. The molecule has 2 aromatic carbocycles. The predicted octanol–water partition coefficient (Wildman–Crippen LogP) is 4.87. The Bertz CT molecular complexity index is 759. The lowest BCUT2D eigenvalue weighted by Gasteiger charge is -2.11. The van der Waals surface area contributed by atoms with E-state index in [1.54, 1.807) is 0 Å². The summed E-state index contributed by atoms with van der Waals surface area (Å²) in [6, 6.07) is 14.9. The number of carbonyl (C=O) groups excluding carboxylic acids is 1. The number of nitrogens with one attached hydrogen (secondary N) is 2. The summed E-state index contributed by atoms with van der Waals surface area (Å²) < 4.78 is 11.3. The molecule has 5 heteroatoms. The van der Waals surface area contributed by atoms with Gasteiger partial charge in [0.1, 0.15) is 18.1 Å². The molecule has 0 fully saturated rings. The van der Waals surface area contributed by atoms with Gasteiger partial charge in [-0.25, -0.2) is 0 Å². The standard InChI is InChI=1S/C22H28N2O3/c1-4-5-12-26-20-10-7-9-19(14-20)24-22(25)15-23-18-8-6-11-21(13-18)27-16-17(2)3/h6-11,13-14,23H,2,4-5,12,15-16H2,1,3H3,(H,24,25). The van der Waals surface area contributed by atoms with Gasteiger partial charge in [0.05, 0.1) is 13.2 Å². The van der Waals surface area contributed by atoms with Crippen LogP contribution in [0.5, 0.6) is 11.5 Å². The molecule has 2 rings (SSSR count). The molecule has 0 aliphatic carbocycles. The van der Waals surface area contributed by atoms with Crippen LogP contribution < -0.4 is 20.1 Å². The van der Waals surface area contributed by atoms with Gasteiger partial charge in [0.15, 0.2) is 0 Å². The monoisotopic (exact) mass is 368 g/mol. The first kappa shape index (κ1) is 20.4. The summed E-state index contributed by atoms with van der Waals surface area (Å²) in [6.45, 7) is 9.16. The van der Waals surface area contributed by atoms with Crippen molar-refractivity contribution in [2.45, 2.75) is 26.7 Å². The molecule has 2 N–H and O–H groups in total. The Morgan fingerprint density at radius 3 is 2.41 bits per heavy atom. The quantitative estimate of drug-likeness (QED) is 0.439. The van der Waals surface area contributed by atoms with E-state index in [0.29, 0.717) is 18.9 Å². The third-order valence-corrected chi connectivity index (χ3v) is 3.66. The van der Waals surface area contributed by atoms with Gasteiger partial charge in [-0.05, 0) is 43.2 Å². The molecule has 0 saturated heterocycles. The summed E-state index contributed by atoms with van der Waals surface area (Å²) in [5, 5.41) is 5.98. The number of rotatable bonds is 11. The molecule has 0 atom stereocenters. The lowest BCUT2D eigenvalue weighted by Crippen LogP contribution is -2.21. The van der Waals surface area contributed by atoms with Gasteiger partial charge >= 0.3 is 0 Å². The summed E-state index contributed by atoms with van der Waals surface area (Å²) in [7, 11) is 0. The zero-order chi connectivity index (χ0) is 19.5. The lowest BCUT2D eigenvalue weighted by molar-refractivity contribution is -0.114. The predicted molar refractivity (Wildman–Crippen MR) is 111 cm³/mol. The minimum Gasteiger partial charge on any atom is -0.494 e. The Morgan fingerprint density at radius 2 is 1.70 bits per heavy atom. The van der Waals surface area contributed by atoms with Crippen LogP contribution in [-0.2, 0) is 4.79 Å². The first-order valence-corrected chi connectivity index (χ1v) is 9.20. The minimum atomic E-state index is -0.131. The van der Waals surface area contributed by atoms with E-state index < -0.39 is 0 Å². The molecule has 0 radical (unpaired) electrons. The van der Waals surface area contributed by atoms with Crippen molar-refractivity contribution in [1.82, 2.24) is 0 Å². The molecule has 2 aromatic rings. The second-order valence-corrected chi connectivity index (χ2v) is 6.41. The molecule has 27 heavy (non-hydrogen) atoms. The van der Waals surface area contributed by atoms with Gasteiger partial charge in [0, 0.05) is 23.5 Å². The van der Waals surface area contributed by atoms with Crippen LogP contribution in [0.3, 0.4) is 0 Å². The van der Waals surface area contributed by atoms with E-state index in [1.807, 2.05) is 55.5 Å². The fourth-order valence-electron chi connectivity index (χ4n) is 2.29. The van der Waals surface area contributed by atoms with Crippen molar-refractivity contribution in [3.8, 4) is 11.5 Å². The Labute approximate surface area is 161 Å². The van der Waals surface area contributed by atoms with E-state index in [0.717, 1.165) is 35.6 Å². The molecule has 5 nitrogen and oxygen atoms in total. The second-order valence-electron chi connectivity index (χ2n) is 6.41. The summed E-state index contributed by atoms with van der Waals surface area (Å²) >= 11 is 0. The van der Waals surface area contributed by atoms with E-state index in [2.05, 4.69) is 24.1 Å². The molecule has 0 unspecified atom stereocenters. The highest BCUT2D eigenvalue weighted by atomic mass is 16.5. The molecule has 0 spiro atoms. The van der Waals surface area contributed by atoms with Crippen LogP contribution in [0.1, 0.15) is 26.7 Å². The normalized spacial score (nSPS) is 10.1. The van der Waals surface area contributed by atoms with Crippen molar-refractivity contribution in [3.05, 3.63) is 60.7 Å². The Morgan fingerprint density at radius 1 is 1.04 bits per heavy atom. The number of ether oxygens (including phenoxy) is 2. The van der Waals surface area contributed by atoms with Gasteiger partial charge in [-0.15, -0.1) is 0 Å². The average Bonchev–Trinajstić information content (AvgIpc) is 2.66. The van der Waals surface area contributed by atoms with Crippen molar-refractivity contribution >= 4 is 17.3 Å². The van der Waals surface area contributed by atoms with Crippen LogP contribution in [0.4, 0.5) is 11.4 Å². The maximum absolute atomic E-state index is 12.2. The number of hydrogen-bond acceptors (Lipinski definition) is 4. The number of carbonyl (C=O) groups is 1. The van der Waals surface area contributed by atoms with Gasteiger partial charge in [-0.3, -0.25) is 4.79 Å². The van der Waals surface area contributed by atoms with Crippen molar-refractivity contribution in [3.63, 3.8) is 0 Å². The SMILES string of the molecule is C=C(C)COc1cccc(NCC(=O)Nc2cccc(OCCCC)c2)c1. The highest BCUT2D eigenvalue weighted by molar-refractivity contribution is 5.93. The molecule has 0 heterocycles. The van der Waals surface area contributed by atoms with Crippen molar-refractivity contribution in [2.24, 2.45) is 0 Å².